The molecule has 0 amide bonds. The number of thiocarbonyl (C=S) groups is 1. The molecular formula is C17H27N3S. The lowest BCUT2D eigenvalue weighted by atomic mass is 10.0. The topological polar surface area (TPSA) is 27.3 Å². The Morgan fingerprint density at radius 2 is 1.95 bits per heavy atom. The van der Waals surface area contributed by atoms with Crippen molar-refractivity contribution in [1.82, 2.24) is 15.5 Å². The lowest BCUT2D eigenvalue weighted by molar-refractivity contribution is 0.199. The van der Waals surface area contributed by atoms with Gasteiger partial charge in [-0.2, -0.15) is 0 Å². The Balaban J connectivity index is 1.65. The Morgan fingerprint density at radius 3 is 2.62 bits per heavy atom. The third kappa shape index (κ3) is 6.02. The number of hydrogen-bond acceptors (Lipinski definition) is 2. The van der Waals surface area contributed by atoms with Gasteiger partial charge >= 0.3 is 0 Å². The quantitative estimate of drug-likeness (QED) is 0.624. The number of nitrogens with zero attached hydrogens (tertiary/aromatic N) is 1. The van der Waals surface area contributed by atoms with Crippen LogP contribution in [0, 0.1) is 0 Å². The van der Waals surface area contributed by atoms with Gasteiger partial charge in [-0.05, 0) is 37.0 Å². The Hall–Kier alpha value is -1.13. The fraction of sp³-hybridized carbons (Fsp3) is 0.588. The summed E-state index contributed by atoms with van der Waals surface area (Å²) in [6, 6.07) is 11.2. The smallest absolute Gasteiger partial charge is 0.166 e. The van der Waals surface area contributed by atoms with Gasteiger partial charge in [0.05, 0.1) is 0 Å². The molecule has 0 atom stereocenters. The summed E-state index contributed by atoms with van der Waals surface area (Å²) in [5.41, 5.74) is 1.40. The molecule has 0 spiro atoms. The summed E-state index contributed by atoms with van der Waals surface area (Å²) < 4.78 is 0. The van der Waals surface area contributed by atoms with Crippen LogP contribution in [0.1, 0.15) is 38.2 Å². The molecule has 4 heteroatoms. The molecule has 0 bridgehead atoms. The van der Waals surface area contributed by atoms with Gasteiger partial charge in [0.25, 0.3) is 0 Å². The van der Waals surface area contributed by atoms with E-state index < -0.39 is 0 Å². The molecule has 0 aromatic heterocycles. The van der Waals surface area contributed by atoms with Crippen LogP contribution in [0.25, 0.3) is 0 Å². The molecule has 2 rings (SSSR count). The first-order valence-electron chi connectivity index (χ1n) is 8.08. The molecule has 0 saturated carbocycles. The minimum absolute atomic E-state index is 0.527. The first kappa shape index (κ1) is 16.2. The molecule has 1 saturated heterocycles. The van der Waals surface area contributed by atoms with Crippen molar-refractivity contribution in [2.45, 2.75) is 45.2 Å². The van der Waals surface area contributed by atoms with Crippen molar-refractivity contribution in [2.24, 2.45) is 0 Å². The predicted octanol–water partition coefficient (Wildman–Crippen LogP) is 2.92. The van der Waals surface area contributed by atoms with E-state index in [-0.39, 0.29) is 0 Å². The van der Waals surface area contributed by atoms with Gasteiger partial charge < -0.3 is 10.6 Å². The van der Waals surface area contributed by atoms with E-state index in [9.17, 15) is 0 Å². The molecule has 1 aromatic rings. The highest BCUT2D eigenvalue weighted by molar-refractivity contribution is 7.80. The number of likely N-dealkylation sites (tertiary alicyclic amines) is 1. The van der Waals surface area contributed by atoms with Gasteiger partial charge in [0, 0.05) is 32.2 Å². The molecule has 1 aromatic carbocycles. The van der Waals surface area contributed by atoms with Crippen LogP contribution in [0.15, 0.2) is 30.3 Å². The number of rotatable bonds is 6. The fourth-order valence-electron chi connectivity index (χ4n) is 2.69. The van der Waals surface area contributed by atoms with Gasteiger partial charge in [-0.1, -0.05) is 43.7 Å². The maximum absolute atomic E-state index is 5.35. The molecule has 0 unspecified atom stereocenters. The number of hydrogen-bond donors (Lipinski definition) is 2. The van der Waals surface area contributed by atoms with Gasteiger partial charge in [-0.15, -0.1) is 0 Å². The van der Waals surface area contributed by atoms with E-state index in [0.717, 1.165) is 31.3 Å². The zero-order chi connectivity index (χ0) is 14.9. The average molecular weight is 305 g/mol. The minimum Gasteiger partial charge on any atom is -0.363 e. The Morgan fingerprint density at radius 1 is 1.24 bits per heavy atom. The van der Waals surface area contributed by atoms with Gasteiger partial charge in [0.1, 0.15) is 0 Å². The maximum Gasteiger partial charge on any atom is 0.166 e. The molecule has 1 aliphatic rings. The standard InChI is InChI=1S/C17H27N3S/c1-2-3-11-18-17(21)19-16-9-12-20(13-10-16)14-15-7-5-4-6-8-15/h4-8,16H,2-3,9-14H2,1H3,(H2,18,19,21). The molecular weight excluding hydrogens is 278 g/mol. The highest BCUT2D eigenvalue weighted by Crippen LogP contribution is 2.13. The van der Waals surface area contributed by atoms with Crippen LogP contribution < -0.4 is 10.6 Å². The third-order valence-corrected chi connectivity index (χ3v) is 4.25. The summed E-state index contributed by atoms with van der Waals surface area (Å²) in [4.78, 5) is 2.53. The molecule has 21 heavy (non-hydrogen) atoms. The zero-order valence-electron chi connectivity index (χ0n) is 13.0. The maximum atomic E-state index is 5.35. The number of nitrogens with one attached hydrogen (secondary N) is 2. The van der Waals surface area contributed by atoms with E-state index in [2.05, 4.69) is 52.8 Å². The second-order valence-corrected chi connectivity index (χ2v) is 6.20. The number of benzene rings is 1. The van der Waals surface area contributed by atoms with E-state index in [1.54, 1.807) is 0 Å². The lowest BCUT2D eigenvalue weighted by Gasteiger charge is -2.33. The highest BCUT2D eigenvalue weighted by Gasteiger charge is 2.19. The number of piperidine rings is 1. The number of unbranched alkanes of at least 4 members (excludes halogenated alkanes) is 1. The lowest BCUT2D eigenvalue weighted by Crippen LogP contribution is -2.47. The van der Waals surface area contributed by atoms with Crippen LogP contribution >= 0.6 is 12.2 Å². The van der Waals surface area contributed by atoms with Crippen molar-refractivity contribution >= 4 is 17.3 Å². The monoisotopic (exact) mass is 305 g/mol. The van der Waals surface area contributed by atoms with Crippen LogP contribution in [0.2, 0.25) is 0 Å². The van der Waals surface area contributed by atoms with Gasteiger partial charge in [-0.3, -0.25) is 4.90 Å². The summed E-state index contributed by atoms with van der Waals surface area (Å²) >= 11 is 5.35. The molecule has 2 N–H and O–H groups in total. The SMILES string of the molecule is CCCCNC(=S)NC1CCN(Cc2ccccc2)CC1. The second kappa shape index (κ2) is 9.00. The van der Waals surface area contributed by atoms with Gasteiger partial charge in [0.15, 0.2) is 5.11 Å². The third-order valence-electron chi connectivity index (χ3n) is 3.99. The van der Waals surface area contributed by atoms with Gasteiger partial charge in [0.2, 0.25) is 0 Å². The van der Waals surface area contributed by atoms with Crippen molar-refractivity contribution in [1.29, 1.82) is 0 Å². The van der Waals surface area contributed by atoms with Crippen LogP contribution in [0.5, 0.6) is 0 Å². The van der Waals surface area contributed by atoms with Crippen LogP contribution in [-0.4, -0.2) is 35.7 Å². The van der Waals surface area contributed by atoms with Crippen molar-refractivity contribution in [3.8, 4) is 0 Å². The molecule has 1 heterocycles. The van der Waals surface area contributed by atoms with E-state index in [1.807, 2.05) is 0 Å². The summed E-state index contributed by atoms with van der Waals surface area (Å²) in [6.07, 6.45) is 4.72. The van der Waals surface area contributed by atoms with Crippen LogP contribution in [0.4, 0.5) is 0 Å². The Bertz CT molecular complexity index is 413. The molecule has 0 radical (unpaired) electrons. The van der Waals surface area contributed by atoms with Gasteiger partial charge in [-0.25, -0.2) is 0 Å². The fourth-order valence-corrected chi connectivity index (χ4v) is 2.96. The normalized spacial score (nSPS) is 16.6. The summed E-state index contributed by atoms with van der Waals surface area (Å²) in [7, 11) is 0. The highest BCUT2D eigenvalue weighted by atomic mass is 32.1. The molecule has 116 valence electrons. The van der Waals surface area contributed by atoms with Crippen molar-refractivity contribution in [2.75, 3.05) is 19.6 Å². The zero-order valence-corrected chi connectivity index (χ0v) is 13.8. The van der Waals surface area contributed by atoms with Crippen molar-refractivity contribution in [3.05, 3.63) is 35.9 Å². The largest absolute Gasteiger partial charge is 0.363 e. The average Bonchev–Trinajstić information content (AvgIpc) is 2.51. The first-order valence-corrected chi connectivity index (χ1v) is 8.49. The molecule has 0 aliphatic carbocycles. The van der Waals surface area contributed by atoms with Crippen LogP contribution in [0.3, 0.4) is 0 Å². The molecule has 1 fully saturated rings. The van der Waals surface area contributed by atoms with Crippen molar-refractivity contribution < 1.29 is 0 Å². The Labute approximate surface area is 134 Å². The molecule has 1 aliphatic heterocycles. The van der Waals surface area contributed by atoms with E-state index in [0.29, 0.717) is 6.04 Å². The van der Waals surface area contributed by atoms with E-state index in [1.165, 1.54) is 31.2 Å². The summed E-state index contributed by atoms with van der Waals surface area (Å²) in [5.74, 6) is 0. The van der Waals surface area contributed by atoms with Crippen molar-refractivity contribution in [3.63, 3.8) is 0 Å². The summed E-state index contributed by atoms with van der Waals surface area (Å²) in [5, 5.41) is 7.57. The Kier molecular flexibility index (Phi) is 6.96. The van der Waals surface area contributed by atoms with E-state index >= 15 is 0 Å². The predicted molar refractivity (Wildman–Crippen MR) is 93.4 cm³/mol. The van der Waals surface area contributed by atoms with Crippen LogP contribution in [-0.2, 0) is 6.54 Å². The second-order valence-electron chi connectivity index (χ2n) is 5.79. The minimum atomic E-state index is 0.527. The molecule has 3 nitrogen and oxygen atoms in total. The van der Waals surface area contributed by atoms with E-state index in [4.69, 9.17) is 12.2 Å². The first-order chi connectivity index (χ1) is 10.3. The summed E-state index contributed by atoms with van der Waals surface area (Å²) in [6.45, 7) is 6.52.